The van der Waals surface area contributed by atoms with Gasteiger partial charge in [-0.15, -0.1) is 12.4 Å². The molecular weight excluding hydrogens is 406 g/mol. The first-order valence-corrected chi connectivity index (χ1v) is 10.2. The Morgan fingerprint density at radius 3 is 2.47 bits per heavy atom. The molecule has 1 aromatic heterocycles. The van der Waals surface area contributed by atoms with E-state index in [4.69, 9.17) is 5.73 Å². The molecule has 162 valence electrons. The fraction of sp³-hybridized carbons (Fsp3) is 0.500. The van der Waals surface area contributed by atoms with E-state index in [9.17, 15) is 9.59 Å². The summed E-state index contributed by atoms with van der Waals surface area (Å²) in [7, 11) is 0. The Morgan fingerprint density at radius 1 is 1.10 bits per heavy atom. The fourth-order valence-electron chi connectivity index (χ4n) is 3.94. The van der Waals surface area contributed by atoms with Crippen LogP contribution in [0.2, 0.25) is 0 Å². The predicted octanol–water partition coefficient (Wildman–Crippen LogP) is 2.22. The molecule has 0 spiro atoms. The molecule has 3 heterocycles. The van der Waals surface area contributed by atoms with Crippen molar-refractivity contribution < 1.29 is 9.59 Å². The lowest BCUT2D eigenvalue weighted by Crippen LogP contribution is -2.48. The maximum atomic E-state index is 12.7. The zero-order valence-electron chi connectivity index (χ0n) is 16.8. The quantitative estimate of drug-likeness (QED) is 0.682. The number of hydrogen-bond donors (Lipinski definition) is 3. The number of rotatable bonds is 4. The van der Waals surface area contributed by atoms with E-state index in [2.05, 4.69) is 20.5 Å². The SMILES string of the molecule is Cl.NCc1nc(-c2ccc(NC(=O)C3CCCN(C(=O)N4CCCC4)C3)cc2)n[nH]1. The average molecular weight is 434 g/mol. The summed E-state index contributed by atoms with van der Waals surface area (Å²) in [6, 6.07) is 7.48. The molecule has 9 nitrogen and oxygen atoms in total. The molecule has 0 aliphatic carbocycles. The highest BCUT2D eigenvalue weighted by Gasteiger charge is 2.31. The number of hydrogen-bond acceptors (Lipinski definition) is 5. The van der Waals surface area contributed by atoms with Crippen LogP contribution in [0.4, 0.5) is 10.5 Å². The Labute approximate surface area is 181 Å². The van der Waals surface area contributed by atoms with Crippen LogP contribution in [0.15, 0.2) is 24.3 Å². The highest BCUT2D eigenvalue weighted by molar-refractivity contribution is 5.93. The van der Waals surface area contributed by atoms with Crippen LogP contribution >= 0.6 is 12.4 Å². The highest BCUT2D eigenvalue weighted by atomic mass is 35.5. The van der Waals surface area contributed by atoms with E-state index in [0.29, 0.717) is 24.7 Å². The first kappa shape index (κ1) is 22.0. The minimum absolute atomic E-state index is 0. The summed E-state index contributed by atoms with van der Waals surface area (Å²) in [4.78, 5) is 33.4. The lowest BCUT2D eigenvalue weighted by molar-refractivity contribution is -0.121. The summed E-state index contributed by atoms with van der Waals surface area (Å²) < 4.78 is 0. The molecule has 4 rings (SSSR count). The van der Waals surface area contributed by atoms with Crippen molar-refractivity contribution in [2.45, 2.75) is 32.2 Å². The Kier molecular flexibility index (Phi) is 7.28. The van der Waals surface area contributed by atoms with Gasteiger partial charge in [0.05, 0.1) is 12.5 Å². The average Bonchev–Trinajstić information content (AvgIpc) is 3.46. The zero-order valence-corrected chi connectivity index (χ0v) is 17.7. The Balaban J connectivity index is 0.00000256. The van der Waals surface area contributed by atoms with Crippen molar-refractivity contribution in [3.05, 3.63) is 30.1 Å². The first-order valence-electron chi connectivity index (χ1n) is 10.2. The van der Waals surface area contributed by atoms with Crippen LogP contribution in [-0.4, -0.2) is 63.1 Å². The van der Waals surface area contributed by atoms with Crippen molar-refractivity contribution in [3.63, 3.8) is 0 Å². The number of urea groups is 1. The fourth-order valence-corrected chi connectivity index (χ4v) is 3.94. The molecule has 30 heavy (non-hydrogen) atoms. The van der Waals surface area contributed by atoms with E-state index in [-0.39, 0.29) is 30.3 Å². The number of aromatic nitrogens is 3. The van der Waals surface area contributed by atoms with Crippen LogP contribution < -0.4 is 11.1 Å². The van der Waals surface area contributed by atoms with Crippen molar-refractivity contribution in [1.82, 2.24) is 25.0 Å². The van der Waals surface area contributed by atoms with Gasteiger partial charge in [-0.25, -0.2) is 9.78 Å². The topological polar surface area (TPSA) is 120 Å². The van der Waals surface area contributed by atoms with E-state index < -0.39 is 0 Å². The maximum Gasteiger partial charge on any atom is 0.320 e. The second kappa shape index (κ2) is 9.90. The van der Waals surface area contributed by atoms with Gasteiger partial charge in [-0.2, -0.15) is 5.10 Å². The van der Waals surface area contributed by atoms with Crippen molar-refractivity contribution in [2.75, 3.05) is 31.5 Å². The Morgan fingerprint density at radius 2 is 1.80 bits per heavy atom. The third-order valence-electron chi connectivity index (χ3n) is 5.57. The van der Waals surface area contributed by atoms with Gasteiger partial charge in [0.2, 0.25) is 5.91 Å². The van der Waals surface area contributed by atoms with Gasteiger partial charge < -0.3 is 20.9 Å². The maximum absolute atomic E-state index is 12.7. The van der Waals surface area contributed by atoms with Crippen molar-refractivity contribution in [1.29, 1.82) is 0 Å². The van der Waals surface area contributed by atoms with Crippen molar-refractivity contribution in [3.8, 4) is 11.4 Å². The third kappa shape index (κ3) is 4.91. The molecule has 2 aromatic rings. The van der Waals surface area contributed by atoms with Gasteiger partial charge in [0.15, 0.2) is 5.82 Å². The number of H-pyrrole nitrogens is 1. The number of nitrogens with one attached hydrogen (secondary N) is 2. The van der Waals surface area contributed by atoms with E-state index >= 15 is 0 Å². The normalized spacial score (nSPS) is 18.8. The number of benzene rings is 1. The first-order chi connectivity index (χ1) is 14.1. The Hall–Kier alpha value is -2.65. The summed E-state index contributed by atoms with van der Waals surface area (Å²) in [6.45, 7) is 3.18. The molecular formula is C20H28ClN7O2. The van der Waals surface area contributed by atoms with E-state index in [1.807, 2.05) is 34.1 Å². The number of nitrogens with zero attached hydrogens (tertiary/aromatic N) is 4. The van der Waals surface area contributed by atoms with Crippen LogP contribution in [0.3, 0.4) is 0 Å². The number of nitrogens with two attached hydrogens (primary N) is 1. The molecule has 10 heteroatoms. The number of aromatic amines is 1. The number of carbonyl (C=O) groups excluding carboxylic acids is 2. The summed E-state index contributed by atoms with van der Waals surface area (Å²) in [6.07, 6.45) is 3.79. The monoisotopic (exact) mass is 433 g/mol. The van der Waals surface area contributed by atoms with Gasteiger partial charge in [-0.05, 0) is 49.9 Å². The second-order valence-electron chi connectivity index (χ2n) is 7.64. The number of likely N-dealkylation sites (tertiary alicyclic amines) is 2. The van der Waals surface area contributed by atoms with Gasteiger partial charge in [0.25, 0.3) is 0 Å². The number of carbonyl (C=O) groups is 2. The minimum Gasteiger partial charge on any atom is -0.326 e. The van der Waals surface area contributed by atoms with Crippen molar-refractivity contribution in [2.24, 2.45) is 11.7 Å². The molecule has 2 fully saturated rings. The van der Waals surface area contributed by atoms with Gasteiger partial charge in [0, 0.05) is 37.4 Å². The van der Waals surface area contributed by atoms with Gasteiger partial charge in [-0.1, -0.05) is 0 Å². The number of amides is 3. The lowest BCUT2D eigenvalue weighted by atomic mass is 9.97. The highest BCUT2D eigenvalue weighted by Crippen LogP contribution is 2.23. The minimum atomic E-state index is -0.185. The van der Waals surface area contributed by atoms with E-state index in [1.165, 1.54) is 0 Å². The van der Waals surface area contributed by atoms with Crippen LogP contribution in [0, 0.1) is 5.92 Å². The van der Waals surface area contributed by atoms with Crippen LogP contribution in [0.5, 0.6) is 0 Å². The summed E-state index contributed by atoms with van der Waals surface area (Å²) in [5.41, 5.74) is 7.11. The molecule has 1 aromatic carbocycles. The molecule has 4 N–H and O–H groups in total. The van der Waals surface area contributed by atoms with Gasteiger partial charge in [0.1, 0.15) is 5.82 Å². The number of halogens is 1. The van der Waals surface area contributed by atoms with Gasteiger partial charge >= 0.3 is 6.03 Å². The lowest BCUT2D eigenvalue weighted by Gasteiger charge is -2.34. The molecule has 1 unspecified atom stereocenters. The standard InChI is InChI=1S/C20H27N7O2.ClH/c21-12-17-23-18(25-24-17)14-5-7-16(8-6-14)22-19(28)15-4-3-11-27(13-15)20(29)26-9-1-2-10-26;/h5-8,15H,1-4,9-13,21H2,(H,22,28)(H,23,24,25);1H. The van der Waals surface area contributed by atoms with E-state index in [0.717, 1.165) is 56.6 Å². The smallest absolute Gasteiger partial charge is 0.320 e. The number of anilines is 1. The largest absolute Gasteiger partial charge is 0.326 e. The molecule has 3 amide bonds. The van der Waals surface area contributed by atoms with Crippen molar-refractivity contribution >= 4 is 30.0 Å². The molecule has 2 saturated heterocycles. The molecule has 0 saturated carbocycles. The molecule has 0 radical (unpaired) electrons. The Bertz CT molecular complexity index is 864. The summed E-state index contributed by atoms with van der Waals surface area (Å²) in [5.74, 6) is 0.976. The zero-order chi connectivity index (χ0) is 20.2. The summed E-state index contributed by atoms with van der Waals surface area (Å²) >= 11 is 0. The molecule has 2 aliphatic rings. The molecule has 2 aliphatic heterocycles. The third-order valence-corrected chi connectivity index (χ3v) is 5.57. The van der Waals surface area contributed by atoms with Gasteiger partial charge in [-0.3, -0.25) is 9.89 Å². The van der Waals surface area contributed by atoms with E-state index in [1.54, 1.807) is 0 Å². The second-order valence-corrected chi connectivity index (χ2v) is 7.64. The summed E-state index contributed by atoms with van der Waals surface area (Å²) in [5, 5.41) is 9.90. The number of piperidine rings is 1. The van der Waals surface area contributed by atoms with Crippen LogP contribution in [-0.2, 0) is 11.3 Å². The predicted molar refractivity (Wildman–Crippen MR) is 116 cm³/mol. The van der Waals surface area contributed by atoms with Crippen LogP contribution in [0.25, 0.3) is 11.4 Å². The van der Waals surface area contributed by atoms with Crippen LogP contribution in [0.1, 0.15) is 31.5 Å². The molecule has 1 atom stereocenters. The molecule has 0 bridgehead atoms.